The number of alkyl halides is 4. The Kier molecular flexibility index (Phi) is 3.96. The maximum absolute atomic E-state index is 13.0. The van der Waals surface area contributed by atoms with Crippen molar-refractivity contribution in [3.05, 3.63) is 5.82 Å². The smallest absolute Gasteiger partial charge is 0.365 e. The summed E-state index contributed by atoms with van der Waals surface area (Å²) in [6.07, 6.45) is -3.90. The van der Waals surface area contributed by atoms with E-state index in [0.29, 0.717) is 16.3 Å². The van der Waals surface area contributed by atoms with Crippen LogP contribution in [0.25, 0.3) is 0 Å². The van der Waals surface area contributed by atoms with Gasteiger partial charge in [-0.1, -0.05) is 11.8 Å². The van der Waals surface area contributed by atoms with Gasteiger partial charge in [0.15, 0.2) is 5.16 Å². The lowest BCUT2D eigenvalue weighted by Crippen LogP contribution is -2.27. The monoisotopic (exact) mass is 273 g/mol. The normalized spacial score (nSPS) is 12.1. The predicted octanol–water partition coefficient (Wildman–Crippen LogP) is 1.35. The first kappa shape index (κ1) is 13.7. The Bertz CT molecular complexity index is 423. The Morgan fingerprint density at radius 3 is 2.59 bits per heavy atom. The Morgan fingerprint density at radius 2 is 2.12 bits per heavy atom. The van der Waals surface area contributed by atoms with Crippen LogP contribution in [-0.2, 0) is 17.8 Å². The zero-order chi connectivity index (χ0) is 13.2. The summed E-state index contributed by atoms with van der Waals surface area (Å²) < 4.78 is 50.7. The number of carbonyl (C=O) groups is 1. The van der Waals surface area contributed by atoms with Crippen molar-refractivity contribution < 1.29 is 27.5 Å². The summed E-state index contributed by atoms with van der Waals surface area (Å²) in [7, 11) is 1.07. The third kappa shape index (κ3) is 2.87. The number of hydrogen-bond acceptors (Lipinski definition) is 4. The third-order valence-electron chi connectivity index (χ3n) is 1.73. The number of thioether (sulfide) groups is 1. The number of carboxylic acids is 1. The second-order valence-corrected chi connectivity index (χ2v) is 3.91. The largest absolute Gasteiger partial charge is 0.481 e. The lowest BCUT2D eigenvalue weighted by Gasteiger charge is -2.13. The van der Waals surface area contributed by atoms with Crippen LogP contribution >= 0.6 is 11.8 Å². The fraction of sp³-hybridized carbons (Fsp3) is 0.571. The number of halogens is 4. The summed E-state index contributed by atoms with van der Waals surface area (Å²) in [5.41, 5.74) is 0. The molecule has 1 heterocycles. The Labute approximate surface area is 96.8 Å². The van der Waals surface area contributed by atoms with Gasteiger partial charge < -0.3 is 9.67 Å². The molecule has 1 aromatic heterocycles. The van der Waals surface area contributed by atoms with Crippen LogP contribution < -0.4 is 0 Å². The van der Waals surface area contributed by atoms with Crippen molar-refractivity contribution in [2.45, 2.75) is 17.5 Å². The van der Waals surface area contributed by atoms with Crippen molar-refractivity contribution >= 4 is 17.7 Å². The minimum absolute atomic E-state index is 0.164. The lowest BCUT2D eigenvalue weighted by atomic mass is 10.3. The van der Waals surface area contributed by atoms with E-state index in [9.17, 15) is 22.4 Å². The minimum Gasteiger partial charge on any atom is -0.481 e. The first-order valence-electron chi connectivity index (χ1n) is 4.17. The van der Waals surface area contributed by atoms with Gasteiger partial charge in [-0.3, -0.25) is 4.79 Å². The van der Waals surface area contributed by atoms with Crippen molar-refractivity contribution in [3.8, 4) is 0 Å². The van der Waals surface area contributed by atoms with Crippen LogP contribution in [0.4, 0.5) is 17.6 Å². The molecular formula is C7H7F4N3O2S. The molecule has 10 heteroatoms. The van der Waals surface area contributed by atoms with Crippen LogP contribution in [0.1, 0.15) is 5.82 Å². The molecule has 0 atom stereocenters. The highest BCUT2D eigenvalue weighted by Gasteiger charge is 2.47. The van der Waals surface area contributed by atoms with E-state index >= 15 is 0 Å². The van der Waals surface area contributed by atoms with Gasteiger partial charge in [0.1, 0.15) is 0 Å². The van der Waals surface area contributed by atoms with Crippen LogP contribution in [-0.4, -0.2) is 38.0 Å². The molecule has 1 rings (SSSR count). The van der Waals surface area contributed by atoms with Gasteiger partial charge in [0.25, 0.3) is 0 Å². The molecule has 0 spiro atoms. The molecule has 0 radical (unpaired) electrons. The summed E-state index contributed by atoms with van der Waals surface area (Å²) in [5.74, 6) is -7.21. The van der Waals surface area contributed by atoms with Gasteiger partial charge in [0.2, 0.25) is 5.82 Å². The molecule has 96 valence electrons. The van der Waals surface area contributed by atoms with Crippen molar-refractivity contribution in [2.75, 3.05) is 5.75 Å². The number of aliphatic carboxylic acids is 1. The van der Waals surface area contributed by atoms with E-state index in [4.69, 9.17) is 5.11 Å². The number of nitrogens with zero attached hydrogens (tertiary/aromatic N) is 3. The zero-order valence-electron chi connectivity index (χ0n) is 8.40. The van der Waals surface area contributed by atoms with Gasteiger partial charge in [-0.05, 0) is 0 Å². The Morgan fingerprint density at radius 1 is 1.53 bits per heavy atom. The highest BCUT2D eigenvalue weighted by Crippen LogP contribution is 2.34. The first-order chi connectivity index (χ1) is 7.76. The van der Waals surface area contributed by atoms with Crippen molar-refractivity contribution in [2.24, 2.45) is 7.05 Å². The number of carboxylic acid groups (broad SMARTS) is 1. The SMILES string of the molecule is Cn1c(SCC(=O)O)nnc1C(F)(F)C(F)F. The molecule has 17 heavy (non-hydrogen) atoms. The summed E-state index contributed by atoms with van der Waals surface area (Å²) in [4.78, 5) is 10.2. The number of aromatic nitrogens is 3. The van der Waals surface area contributed by atoms with Gasteiger partial charge in [-0.2, -0.15) is 8.78 Å². The van der Waals surface area contributed by atoms with Gasteiger partial charge in [0, 0.05) is 7.05 Å². The van der Waals surface area contributed by atoms with E-state index in [1.165, 1.54) is 0 Å². The van der Waals surface area contributed by atoms with Gasteiger partial charge in [0.05, 0.1) is 5.75 Å². The summed E-state index contributed by atoms with van der Waals surface area (Å²) >= 11 is 0.615. The standard InChI is InChI=1S/C7H7F4N3O2S/c1-14-5(7(10,11)4(8)9)12-13-6(14)17-2-3(15)16/h4H,2H2,1H3,(H,15,16). The number of hydrogen-bond donors (Lipinski definition) is 1. The van der Waals surface area contributed by atoms with E-state index in [1.807, 2.05) is 0 Å². The number of rotatable bonds is 5. The Balaban J connectivity index is 2.94. The molecule has 0 unspecified atom stereocenters. The van der Waals surface area contributed by atoms with Gasteiger partial charge >= 0.3 is 18.3 Å². The van der Waals surface area contributed by atoms with E-state index in [2.05, 4.69) is 10.2 Å². The fourth-order valence-corrected chi connectivity index (χ4v) is 1.59. The Hall–Kier alpha value is -1.32. The quantitative estimate of drug-likeness (QED) is 0.648. The lowest BCUT2D eigenvalue weighted by molar-refractivity contribution is -0.142. The molecule has 0 bridgehead atoms. The molecule has 0 saturated carbocycles. The molecule has 1 N–H and O–H groups in total. The molecule has 0 aromatic carbocycles. The molecule has 0 saturated heterocycles. The summed E-state index contributed by atoms with van der Waals surface area (Å²) in [6, 6.07) is 0. The van der Waals surface area contributed by atoms with Crippen molar-refractivity contribution in [1.29, 1.82) is 0 Å². The van der Waals surface area contributed by atoms with Crippen LogP contribution in [0, 0.1) is 0 Å². The average molecular weight is 273 g/mol. The van der Waals surface area contributed by atoms with Crippen LogP contribution in [0.3, 0.4) is 0 Å². The van der Waals surface area contributed by atoms with Crippen molar-refractivity contribution in [3.63, 3.8) is 0 Å². The molecule has 5 nitrogen and oxygen atoms in total. The second kappa shape index (κ2) is 4.90. The van der Waals surface area contributed by atoms with Crippen LogP contribution in [0.2, 0.25) is 0 Å². The topological polar surface area (TPSA) is 68.0 Å². The summed E-state index contributed by atoms with van der Waals surface area (Å²) in [5, 5.41) is 14.4. The van der Waals surface area contributed by atoms with E-state index in [1.54, 1.807) is 0 Å². The molecule has 0 amide bonds. The van der Waals surface area contributed by atoms with Gasteiger partial charge in [-0.25, -0.2) is 8.78 Å². The first-order valence-corrected chi connectivity index (χ1v) is 5.15. The molecule has 0 aliphatic heterocycles. The third-order valence-corrected chi connectivity index (χ3v) is 2.74. The molecule has 0 aliphatic rings. The summed E-state index contributed by atoms with van der Waals surface area (Å²) in [6.45, 7) is 0. The van der Waals surface area contributed by atoms with E-state index < -0.39 is 29.9 Å². The molecule has 1 aromatic rings. The molecule has 0 fully saturated rings. The average Bonchev–Trinajstić information content (AvgIpc) is 2.57. The zero-order valence-corrected chi connectivity index (χ0v) is 9.22. The van der Waals surface area contributed by atoms with Crippen LogP contribution in [0.5, 0.6) is 0 Å². The molecule has 0 aliphatic carbocycles. The van der Waals surface area contributed by atoms with E-state index in [-0.39, 0.29) is 5.16 Å². The van der Waals surface area contributed by atoms with Gasteiger partial charge in [-0.15, -0.1) is 10.2 Å². The highest BCUT2D eigenvalue weighted by molar-refractivity contribution is 7.99. The fourth-order valence-electron chi connectivity index (χ4n) is 0.955. The minimum atomic E-state index is -4.41. The second-order valence-electron chi connectivity index (χ2n) is 2.97. The molecular weight excluding hydrogens is 266 g/mol. The van der Waals surface area contributed by atoms with E-state index in [0.717, 1.165) is 7.05 Å². The predicted molar refractivity (Wildman–Crippen MR) is 49.3 cm³/mol. The highest BCUT2D eigenvalue weighted by atomic mass is 32.2. The van der Waals surface area contributed by atoms with Crippen molar-refractivity contribution in [1.82, 2.24) is 14.8 Å². The maximum atomic E-state index is 13.0. The maximum Gasteiger partial charge on any atom is 0.365 e. The van der Waals surface area contributed by atoms with Crippen LogP contribution in [0.15, 0.2) is 5.16 Å².